The number of likely N-dealkylation sites (tertiary alicyclic amines) is 1. The number of amides is 1. The lowest BCUT2D eigenvalue weighted by Crippen LogP contribution is -2.47. The number of rotatable bonds is 5. The molecule has 6 heteroatoms. The number of benzene rings is 1. The Morgan fingerprint density at radius 3 is 2.43 bits per heavy atom. The van der Waals surface area contributed by atoms with Crippen molar-refractivity contribution in [2.45, 2.75) is 52.2 Å². The molecule has 1 fully saturated rings. The monoisotopic (exact) mass is 413 g/mol. The number of hydrogen-bond donors (Lipinski definition) is 1. The first-order chi connectivity index (χ1) is 14.2. The maximum absolute atomic E-state index is 13.4. The third kappa shape index (κ3) is 6.02. The van der Waals surface area contributed by atoms with Crippen molar-refractivity contribution in [3.8, 4) is 0 Å². The van der Waals surface area contributed by atoms with Crippen LogP contribution in [0.15, 0.2) is 48.7 Å². The normalized spacial score (nSPS) is 17.4. The number of nitrogens with one attached hydrogen (secondary N) is 1. The van der Waals surface area contributed by atoms with Gasteiger partial charge in [-0.25, -0.2) is 9.18 Å². The van der Waals surface area contributed by atoms with Crippen LogP contribution in [0.3, 0.4) is 0 Å². The fraction of sp³-hybridized carbons (Fsp3) is 0.500. The largest absolute Gasteiger partial charge is 0.444 e. The highest BCUT2D eigenvalue weighted by atomic mass is 19.1. The number of carbonyl (C=O) groups excluding carboxylic acids is 1. The van der Waals surface area contributed by atoms with Crippen molar-refractivity contribution >= 4 is 6.09 Å². The predicted molar refractivity (Wildman–Crippen MR) is 116 cm³/mol. The van der Waals surface area contributed by atoms with Gasteiger partial charge in [-0.2, -0.15) is 0 Å². The second kappa shape index (κ2) is 9.13. The van der Waals surface area contributed by atoms with Gasteiger partial charge in [-0.05, 0) is 68.9 Å². The zero-order chi connectivity index (χ0) is 21.8. The van der Waals surface area contributed by atoms with Gasteiger partial charge in [-0.15, -0.1) is 0 Å². The molecular formula is C24H32FN3O2. The number of pyridine rings is 1. The summed E-state index contributed by atoms with van der Waals surface area (Å²) in [4.78, 5) is 18.6. The van der Waals surface area contributed by atoms with E-state index >= 15 is 0 Å². The second-order valence-electron chi connectivity index (χ2n) is 9.40. The molecule has 30 heavy (non-hydrogen) atoms. The van der Waals surface area contributed by atoms with Crippen LogP contribution in [-0.4, -0.2) is 41.2 Å². The summed E-state index contributed by atoms with van der Waals surface area (Å²) in [6.07, 6.45) is 3.30. The van der Waals surface area contributed by atoms with E-state index < -0.39 is 5.60 Å². The predicted octanol–water partition coefficient (Wildman–Crippen LogP) is 4.94. The molecule has 1 amide bonds. The van der Waals surface area contributed by atoms with E-state index in [2.05, 4.69) is 17.2 Å². The number of halogens is 1. The number of hydrogen-bond acceptors (Lipinski definition) is 4. The van der Waals surface area contributed by atoms with Crippen LogP contribution in [0.25, 0.3) is 0 Å². The summed E-state index contributed by atoms with van der Waals surface area (Å²) in [5, 5.41) is 3.64. The van der Waals surface area contributed by atoms with Crippen LogP contribution in [-0.2, 0) is 4.74 Å². The first kappa shape index (κ1) is 22.2. The average molecular weight is 414 g/mol. The molecule has 3 rings (SSSR count). The van der Waals surface area contributed by atoms with E-state index in [1.54, 1.807) is 23.2 Å². The number of ether oxygens (including phenoxy) is 1. The van der Waals surface area contributed by atoms with Crippen molar-refractivity contribution in [3.63, 3.8) is 0 Å². The van der Waals surface area contributed by atoms with E-state index in [0.717, 1.165) is 30.6 Å². The molecule has 1 aromatic heterocycles. The molecule has 2 aromatic rings. The van der Waals surface area contributed by atoms with Crippen molar-refractivity contribution < 1.29 is 13.9 Å². The van der Waals surface area contributed by atoms with Gasteiger partial charge >= 0.3 is 6.09 Å². The summed E-state index contributed by atoms with van der Waals surface area (Å²) in [5.41, 5.74) is 1.44. The summed E-state index contributed by atoms with van der Waals surface area (Å²) in [7, 11) is 0. The average Bonchev–Trinajstić information content (AvgIpc) is 2.69. The molecule has 1 atom stereocenters. The van der Waals surface area contributed by atoms with Crippen LogP contribution in [0.5, 0.6) is 0 Å². The SMILES string of the molecule is CC1(CNC(c2ccc(F)cc2)c2ccccn2)CCN(C(=O)OC(C)(C)C)CC1. The molecule has 0 aliphatic carbocycles. The zero-order valence-corrected chi connectivity index (χ0v) is 18.3. The van der Waals surface area contributed by atoms with Gasteiger partial charge in [-0.3, -0.25) is 4.98 Å². The van der Waals surface area contributed by atoms with E-state index in [1.807, 2.05) is 39.0 Å². The first-order valence-corrected chi connectivity index (χ1v) is 10.5. The fourth-order valence-electron chi connectivity index (χ4n) is 3.68. The summed E-state index contributed by atoms with van der Waals surface area (Å²) in [5.74, 6) is -0.250. The lowest BCUT2D eigenvalue weighted by Gasteiger charge is -2.40. The standard InChI is InChI=1S/C24H32FN3O2/c1-23(2,3)30-22(29)28-15-12-24(4,13-16-28)17-27-21(20-7-5-6-14-26-20)18-8-10-19(25)11-9-18/h5-11,14,21,27H,12-13,15-17H2,1-4H3. The third-order valence-electron chi connectivity index (χ3n) is 5.54. The zero-order valence-electron chi connectivity index (χ0n) is 18.3. The van der Waals surface area contributed by atoms with Gasteiger partial charge in [0, 0.05) is 25.8 Å². The van der Waals surface area contributed by atoms with Gasteiger partial charge in [0.05, 0.1) is 11.7 Å². The Bertz CT molecular complexity index is 826. The molecule has 2 heterocycles. The minimum absolute atomic E-state index is 0.0472. The summed E-state index contributed by atoms with van der Waals surface area (Å²) >= 11 is 0. The molecule has 1 aliphatic rings. The van der Waals surface area contributed by atoms with Crippen molar-refractivity contribution in [2.24, 2.45) is 5.41 Å². The molecular weight excluding hydrogens is 381 g/mol. The quantitative estimate of drug-likeness (QED) is 0.755. The minimum atomic E-state index is -0.482. The maximum atomic E-state index is 13.4. The topological polar surface area (TPSA) is 54.5 Å². The van der Waals surface area contributed by atoms with Crippen LogP contribution in [0.1, 0.15) is 57.8 Å². The molecule has 0 bridgehead atoms. The van der Waals surface area contributed by atoms with E-state index in [0.29, 0.717) is 13.1 Å². The van der Waals surface area contributed by atoms with Gasteiger partial charge in [0.25, 0.3) is 0 Å². The molecule has 1 unspecified atom stereocenters. The molecule has 0 radical (unpaired) electrons. The maximum Gasteiger partial charge on any atom is 0.410 e. The smallest absolute Gasteiger partial charge is 0.410 e. The Morgan fingerprint density at radius 1 is 1.20 bits per heavy atom. The molecule has 5 nitrogen and oxygen atoms in total. The van der Waals surface area contributed by atoms with Gasteiger partial charge in [0.2, 0.25) is 0 Å². The Labute approximate surface area is 178 Å². The van der Waals surface area contributed by atoms with Crippen molar-refractivity contribution in [2.75, 3.05) is 19.6 Å². The van der Waals surface area contributed by atoms with Crippen LogP contribution in [0, 0.1) is 11.2 Å². The number of nitrogens with zero attached hydrogens (tertiary/aromatic N) is 2. The third-order valence-corrected chi connectivity index (χ3v) is 5.54. The molecule has 1 saturated heterocycles. The van der Waals surface area contributed by atoms with Gasteiger partial charge < -0.3 is 15.0 Å². The Hall–Kier alpha value is -2.47. The molecule has 1 aromatic carbocycles. The van der Waals surface area contributed by atoms with Gasteiger partial charge in [0.15, 0.2) is 0 Å². The molecule has 0 saturated carbocycles. The lowest BCUT2D eigenvalue weighted by atomic mass is 9.80. The highest BCUT2D eigenvalue weighted by Crippen LogP contribution is 2.32. The number of carbonyl (C=O) groups is 1. The molecule has 0 spiro atoms. The van der Waals surface area contributed by atoms with Gasteiger partial charge in [0.1, 0.15) is 11.4 Å². The van der Waals surface area contributed by atoms with Crippen molar-refractivity contribution in [3.05, 3.63) is 65.7 Å². The summed E-state index contributed by atoms with van der Waals surface area (Å²) < 4.78 is 18.9. The number of piperidine rings is 1. The lowest BCUT2D eigenvalue weighted by molar-refractivity contribution is 0.0118. The highest BCUT2D eigenvalue weighted by Gasteiger charge is 2.34. The molecule has 1 aliphatic heterocycles. The van der Waals surface area contributed by atoms with E-state index in [4.69, 9.17) is 4.74 Å². The molecule has 162 valence electrons. The van der Waals surface area contributed by atoms with E-state index in [9.17, 15) is 9.18 Å². The van der Waals surface area contributed by atoms with Crippen LogP contribution >= 0.6 is 0 Å². The van der Waals surface area contributed by atoms with Crippen molar-refractivity contribution in [1.29, 1.82) is 0 Å². The van der Waals surface area contributed by atoms with E-state index in [-0.39, 0.29) is 23.4 Å². The van der Waals surface area contributed by atoms with Gasteiger partial charge in [-0.1, -0.05) is 25.1 Å². The molecule has 1 N–H and O–H groups in total. The number of aromatic nitrogens is 1. The van der Waals surface area contributed by atoms with Crippen LogP contribution in [0.4, 0.5) is 9.18 Å². The van der Waals surface area contributed by atoms with Crippen molar-refractivity contribution in [1.82, 2.24) is 15.2 Å². The van der Waals surface area contributed by atoms with E-state index in [1.165, 1.54) is 12.1 Å². The first-order valence-electron chi connectivity index (χ1n) is 10.5. The summed E-state index contributed by atoms with van der Waals surface area (Å²) in [6, 6.07) is 12.3. The fourth-order valence-corrected chi connectivity index (χ4v) is 3.68. The Kier molecular flexibility index (Phi) is 6.76. The van der Waals surface area contributed by atoms with Crippen LogP contribution in [0.2, 0.25) is 0 Å². The highest BCUT2D eigenvalue weighted by molar-refractivity contribution is 5.68. The Morgan fingerprint density at radius 2 is 1.87 bits per heavy atom. The Balaban J connectivity index is 1.64. The van der Waals surface area contributed by atoms with Crippen LogP contribution < -0.4 is 5.32 Å². The second-order valence-corrected chi connectivity index (χ2v) is 9.40. The summed E-state index contributed by atoms with van der Waals surface area (Å²) in [6.45, 7) is 10.0. The minimum Gasteiger partial charge on any atom is -0.444 e.